The summed E-state index contributed by atoms with van der Waals surface area (Å²) in [4.78, 5) is 11.1. The van der Waals surface area contributed by atoms with Gasteiger partial charge in [0.15, 0.2) is 0 Å². The molecule has 1 aliphatic rings. The van der Waals surface area contributed by atoms with E-state index < -0.39 is 0 Å². The SMILES string of the molecule is CC(=O)N[C@H](CO)c1cccc(C2CCCO2)c1. The van der Waals surface area contributed by atoms with Gasteiger partial charge in [0.25, 0.3) is 0 Å². The third-order valence-corrected chi connectivity index (χ3v) is 3.17. The first-order chi connectivity index (χ1) is 8.70. The van der Waals surface area contributed by atoms with Gasteiger partial charge in [-0.2, -0.15) is 0 Å². The van der Waals surface area contributed by atoms with E-state index in [9.17, 15) is 9.90 Å². The van der Waals surface area contributed by atoms with Gasteiger partial charge in [-0.3, -0.25) is 4.79 Å². The predicted octanol–water partition coefficient (Wildman–Crippen LogP) is 1.71. The van der Waals surface area contributed by atoms with Gasteiger partial charge in [-0.1, -0.05) is 24.3 Å². The molecule has 1 saturated heterocycles. The van der Waals surface area contributed by atoms with E-state index in [2.05, 4.69) is 5.32 Å². The molecule has 1 unspecified atom stereocenters. The van der Waals surface area contributed by atoms with Crippen molar-refractivity contribution in [1.29, 1.82) is 0 Å². The Hall–Kier alpha value is -1.39. The zero-order valence-electron chi connectivity index (χ0n) is 10.6. The van der Waals surface area contributed by atoms with Crippen molar-refractivity contribution in [2.75, 3.05) is 13.2 Å². The second-order valence-corrected chi connectivity index (χ2v) is 4.61. The highest BCUT2D eigenvalue weighted by Gasteiger charge is 2.19. The van der Waals surface area contributed by atoms with Crippen molar-refractivity contribution in [3.8, 4) is 0 Å². The van der Waals surface area contributed by atoms with Gasteiger partial charge in [0.1, 0.15) is 0 Å². The molecule has 1 fully saturated rings. The standard InChI is InChI=1S/C14H19NO3/c1-10(17)15-13(9-16)11-4-2-5-12(8-11)14-6-3-7-18-14/h2,4-5,8,13-14,16H,3,6-7,9H2,1H3,(H,15,17)/t13-,14?/m1/s1. The van der Waals surface area contributed by atoms with Crippen LogP contribution in [0, 0.1) is 0 Å². The Labute approximate surface area is 107 Å². The summed E-state index contributed by atoms with van der Waals surface area (Å²) in [5.41, 5.74) is 2.04. The average molecular weight is 249 g/mol. The third kappa shape index (κ3) is 3.09. The first kappa shape index (κ1) is 13.1. The van der Waals surface area contributed by atoms with Crippen LogP contribution in [0.5, 0.6) is 0 Å². The van der Waals surface area contributed by atoms with E-state index in [0.29, 0.717) is 0 Å². The Kier molecular flexibility index (Phi) is 4.33. The molecule has 0 radical (unpaired) electrons. The van der Waals surface area contributed by atoms with Gasteiger partial charge >= 0.3 is 0 Å². The zero-order chi connectivity index (χ0) is 13.0. The minimum atomic E-state index is -0.344. The molecule has 1 amide bonds. The molecule has 1 aromatic carbocycles. The first-order valence-electron chi connectivity index (χ1n) is 6.30. The molecule has 2 rings (SSSR count). The van der Waals surface area contributed by atoms with E-state index in [4.69, 9.17) is 4.74 Å². The number of aliphatic hydroxyl groups is 1. The van der Waals surface area contributed by atoms with Crippen LogP contribution in [0.25, 0.3) is 0 Å². The number of nitrogens with one attached hydrogen (secondary N) is 1. The van der Waals surface area contributed by atoms with Crippen molar-refractivity contribution in [2.45, 2.75) is 31.9 Å². The van der Waals surface area contributed by atoms with Gasteiger partial charge in [0, 0.05) is 13.5 Å². The van der Waals surface area contributed by atoms with Crippen molar-refractivity contribution in [1.82, 2.24) is 5.32 Å². The minimum absolute atomic E-state index is 0.103. The second kappa shape index (κ2) is 5.98. The topological polar surface area (TPSA) is 58.6 Å². The van der Waals surface area contributed by atoms with Crippen molar-refractivity contribution in [3.63, 3.8) is 0 Å². The molecule has 1 aliphatic heterocycles. The van der Waals surface area contributed by atoms with Crippen LogP contribution < -0.4 is 5.32 Å². The minimum Gasteiger partial charge on any atom is -0.394 e. The third-order valence-electron chi connectivity index (χ3n) is 3.17. The fourth-order valence-corrected chi connectivity index (χ4v) is 2.30. The first-order valence-corrected chi connectivity index (χ1v) is 6.30. The van der Waals surface area contributed by atoms with Crippen molar-refractivity contribution < 1.29 is 14.6 Å². The fraction of sp³-hybridized carbons (Fsp3) is 0.500. The van der Waals surface area contributed by atoms with Crippen LogP contribution in [0.3, 0.4) is 0 Å². The average Bonchev–Trinajstić information content (AvgIpc) is 2.89. The largest absolute Gasteiger partial charge is 0.394 e. The summed E-state index contributed by atoms with van der Waals surface area (Å²) in [5, 5.41) is 12.1. The Morgan fingerprint density at radius 2 is 2.44 bits per heavy atom. The molecular formula is C14H19NO3. The van der Waals surface area contributed by atoms with E-state index in [1.807, 2.05) is 24.3 Å². The summed E-state index contributed by atoms with van der Waals surface area (Å²) in [5.74, 6) is -0.142. The molecule has 2 atom stereocenters. The number of carbonyl (C=O) groups excluding carboxylic acids is 1. The maximum atomic E-state index is 11.1. The highest BCUT2D eigenvalue weighted by molar-refractivity contribution is 5.73. The van der Waals surface area contributed by atoms with Crippen LogP contribution >= 0.6 is 0 Å². The van der Waals surface area contributed by atoms with Crippen LogP contribution in [0.2, 0.25) is 0 Å². The molecule has 1 heterocycles. The molecule has 0 spiro atoms. The Morgan fingerprint density at radius 3 is 3.06 bits per heavy atom. The van der Waals surface area contributed by atoms with Gasteiger partial charge in [0.05, 0.1) is 18.8 Å². The quantitative estimate of drug-likeness (QED) is 0.854. The number of hydrogen-bond acceptors (Lipinski definition) is 3. The maximum Gasteiger partial charge on any atom is 0.217 e. The lowest BCUT2D eigenvalue weighted by atomic mass is 10.00. The van der Waals surface area contributed by atoms with Crippen LogP contribution in [-0.2, 0) is 9.53 Å². The number of hydrogen-bond donors (Lipinski definition) is 2. The molecule has 0 aromatic heterocycles. The Bertz CT molecular complexity index is 413. The van der Waals surface area contributed by atoms with Crippen molar-refractivity contribution >= 4 is 5.91 Å². The highest BCUT2D eigenvalue weighted by Crippen LogP contribution is 2.29. The lowest BCUT2D eigenvalue weighted by Gasteiger charge is -2.18. The normalized spacial score (nSPS) is 20.7. The molecule has 0 bridgehead atoms. The van der Waals surface area contributed by atoms with E-state index >= 15 is 0 Å². The molecule has 2 N–H and O–H groups in total. The predicted molar refractivity (Wildman–Crippen MR) is 68.0 cm³/mol. The lowest BCUT2D eigenvalue weighted by Crippen LogP contribution is -2.28. The monoisotopic (exact) mass is 249 g/mol. The van der Waals surface area contributed by atoms with Crippen LogP contribution in [-0.4, -0.2) is 24.2 Å². The van der Waals surface area contributed by atoms with Gasteiger partial charge in [-0.25, -0.2) is 0 Å². The van der Waals surface area contributed by atoms with Gasteiger partial charge in [-0.15, -0.1) is 0 Å². The summed E-state index contributed by atoms with van der Waals surface area (Å²) >= 11 is 0. The summed E-state index contributed by atoms with van der Waals surface area (Å²) < 4.78 is 5.64. The van der Waals surface area contributed by atoms with E-state index in [-0.39, 0.29) is 24.7 Å². The van der Waals surface area contributed by atoms with Crippen LogP contribution in [0.15, 0.2) is 24.3 Å². The van der Waals surface area contributed by atoms with Gasteiger partial charge in [-0.05, 0) is 24.0 Å². The second-order valence-electron chi connectivity index (χ2n) is 4.61. The molecule has 4 nitrogen and oxygen atoms in total. The molecule has 1 aromatic rings. The van der Waals surface area contributed by atoms with E-state index in [0.717, 1.165) is 30.6 Å². The lowest BCUT2D eigenvalue weighted by molar-refractivity contribution is -0.120. The number of benzene rings is 1. The number of rotatable bonds is 4. The van der Waals surface area contributed by atoms with Crippen molar-refractivity contribution in [2.24, 2.45) is 0 Å². The molecule has 98 valence electrons. The summed E-state index contributed by atoms with van der Waals surface area (Å²) in [7, 11) is 0. The molecule has 18 heavy (non-hydrogen) atoms. The van der Waals surface area contributed by atoms with Crippen molar-refractivity contribution in [3.05, 3.63) is 35.4 Å². The number of carbonyl (C=O) groups is 1. The number of aliphatic hydroxyl groups excluding tert-OH is 1. The number of amides is 1. The Balaban J connectivity index is 2.16. The fourth-order valence-electron chi connectivity index (χ4n) is 2.30. The van der Waals surface area contributed by atoms with E-state index in [1.165, 1.54) is 6.92 Å². The number of ether oxygens (including phenoxy) is 1. The van der Waals surface area contributed by atoms with Crippen LogP contribution in [0.4, 0.5) is 0 Å². The van der Waals surface area contributed by atoms with Gasteiger partial charge in [0.2, 0.25) is 5.91 Å². The molecule has 0 aliphatic carbocycles. The summed E-state index contributed by atoms with van der Waals surface area (Å²) in [6.45, 7) is 2.16. The highest BCUT2D eigenvalue weighted by atomic mass is 16.5. The smallest absolute Gasteiger partial charge is 0.217 e. The maximum absolute atomic E-state index is 11.1. The molecule has 0 saturated carbocycles. The summed E-state index contributed by atoms with van der Waals surface area (Å²) in [6.07, 6.45) is 2.28. The van der Waals surface area contributed by atoms with E-state index in [1.54, 1.807) is 0 Å². The van der Waals surface area contributed by atoms with Crippen LogP contribution in [0.1, 0.15) is 43.0 Å². The Morgan fingerprint density at radius 1 is 1.61 bits per heavy atom. The summed E-state index contributed by atoms with van der Waals surface area (Å²) in [6, 6.07) is 7.55. The molecule has 4 heteroatoms. The molecular weight excluding hydrogens is 230 g/mol. The zero-order valence-corrected chi connectivity index (χ0v) is 10.6. The van der Waals surface area contributed by atoms with Gasteiger partial charge < -0.3 is 15.2 Å².